The minimum Gasteiger partial charge on any atom is -0.461 e. The Hall–Kier alpha value is -1.62. The molecule has 4 aliphatic rings. The summed E-state index contributed by atoms with van der Waals surface area (Å²) >= 11 is 0. The molecule has 0 N–H and O–H groups in total. The van der Waals surface area contributed by atoms with Crippen LogP contribution in [0.5, 0.6) is 0 Å². The smallest absolute Gasteiger partial charge is 0.334 e. The molecule has 4 rings (SSSR count). The van der Waals surface area contributed by atoms with E-state index < -0.39 is 6.10 Å². The molecule has 0 amide bonds. The van der Waals surface area contributed by atoms with Crippen molar-refractivity contribution in [3.63, 3.8) is 0 Å². The van der Waals surface area contributed by atoms with Crippen molar-refractivity contribution in [1.82, 2.24) is 0 Å². The third-order valence-corrected chi connectivity index (χ3v) is 6.12. The lowest BCUT2D eigenvalue weighted by molar-refractivity contribution is -0.153. The molecule has 0 aromatic rings. The summed E-state index contributed by atoms with van der Waals surface area (Å²) in [6, 6.07) is 0. The number of rotatable bonds is 2. The summed E-state index contributed by atoms with van der Waals surface area (Å²) in [5.41, 5.74) is 1.22. The van der Waals surface area contributed by atoms with E-state index in [-0.39, 0.29) is 47.5 Å². The van der Waals surface area contributed by atoms with Gasteiger partial charge in [0.05, 0.1) is 17.6 Å². The Bertz CT molecular complexity index is 623. The van der Waals surface area contributed by atoms with E-state index in [0.29, 0.717) is 18.4 Å². The van der Waals surface area contributed by atoms with Crippen molar-refractivity contribution >= 4 is 11.9 Å². The fraction of sp³-hybridized carbons (Fsp3) is 0.667. The van der Waals surface area contributed by atoms with Crippen LogP contribution < -0.4 is 0 Å². The molecule has 2 heterocycles. The molecular weight excluding hydrogens is 296 g/mol. The van der Waals surface area contributed by atoms with Crippen molar-refractivity contribution in [2.75, 3.05) is 0 Å². The number of hydrogen-bond donors (Lipinski definition) is 0. The Balaban J connectivity index is 1.72. The highest BCUT2D eigenvalue weighted by Gasteiger charge is 2.71. The molecule has 7 atom stereocenters. The van der Waals surface area contributed by atoms with Crippen LogP contribution in [0.4, 0.5) is 0 Å². The van der Waals surface area contributed by atoms with E-state index >= 15 is 0 Å². The molecule has 23 heavy (non-hydrogen) atoms. The molecule has 4 fully saturated rings. The Morgan fingerprint density at radius 1 is 1.43 bits per heavy atom. The van der Waals surface area contributed by atoms with Crippen LogP contribution in [0.15, 0.2) is 24.3 Å². The molecule has 5 nitrogen and oxygen atoms in total. The molecule has 2 saturated carbocycles. The molecule has 2 saturated heterocycles. The molecule has 0 aromatic heterocycles. The van der Waals surface area contributed by atoms with E-state index in [1.54, 1.807) is 6.92 Å². The van der Waals surface area contributed by atoms with Crippen molar-refractivity contribution in [1.29, 1.82) is 0 Å². The predicted octanol–water partition coefficient (Wildman–Crippen LogP) is 2.16. The maximum absolute atomic E-state index is 12.1. The van der Waals surface area contributed by atoms with Gasteiger partial charge in [0.25, 0.3) is 0 Å². The van der Waals surface area contributed by atoms with Gasteiger partial charge in [0, 0.05) is 24.3 Å². The molecule has 5 heteroatoms. The zero-order valence-corrected chi connectivity index (χ0v) is 13.5. The van der Waals surface area contributed by atoms with Crippen molar-refractivity contribution in [3.05, 3.63) is 24.3 Å². The second-order valence-electron chi connectivity index (χ2n) is 7.32. The van der Waals surface area contributed by atoms with Gasteiger partial charge in [-0.05, 0) is 19.3 Å². The number of epoxide rings is 1. The molecule has 124 valence electrons. The quantitative estimate of drug-likeness (QED) is 0.338. The summed E-state index contributed by atoms with van der Waals surface area (Å²) in [5, 5.41) is 0. The van der Waals surface area contributed by atoms with E-state index in [2.05, 4.69) is 20.1 Å². The number of carbonyl (C=O) groups excluding carboxylic acids is 2. The van der Waals surface area contributed by atoms with Gasteiger partial charge >= 0.3 is 11.9 Å². The largest absolute Gasteiger partial charge is 0.461 e. The van der Waals surface area contributed by atoms with Crippen LogP contribution in [0, 0.1) is 17.8 Å². The van der Waals surface area contributed by atoms with E-state index in [4.69, 9.17) is 14.2 Å². The van der Waals surface area contributed by atoms with Gasteiger partial charge in [-0.25, -0.2) is 4.79 Å². The van der Waals surface area contributed by atoms with Crippen LogP contribution >= 0.6 is 0 Å². The van der Waals surface area contributed by atoms with Gasteiger partial charge in [0.15, 0.2) is 0 Å². The molecule has 0 aromatic carbocycles. The second kappa shape index (κ2) is 4.69. The normalized spacial score (nSPS) is 47.3. The maximum Gasteiger partial charge on any atom is 0.334 e. The first-order valence-electron chi connectivity index (χ1n) is 8.31. The Labute approximate surface area is 135 Å². The SMILES string of the molecule is C=C1C(=O)O[C@H]2[C@H]1[C@@H](OC(=O)CC)CC(=C)[C@@H]1C[C@@H]3O[C@]3(C)[C@H]21. The third kappa shape index (κ3) is 1.95. The molecular formula is C18H22O5. The van der Waals surface area contributed by atoms with E-state index in [1.807, 2.05) is 0 Å². The summed E-state index contributed by atoms with van der Waals surface area (Å²) in [4.78, 5) is 23.9. The average molecular weight is 318 g/mol. The highest BCUT2D eigenvalue weighted by molar-refractivity contribution is 5.91. The van der Waals surface area contributed by atoms with Gasteiger partial charge < -0.3 is 14.2 Å². The number of hydrogen-bond acceptors (Lipinski definition) is 5. The average Bonchev–Trinajstić information content (AvgIpc) is 2.97. The minimum atomic E-state index is -0.426. The lowest BCUT2D eigenvalue weighted by Crippen LogP contribution is -2.40. The van der Waals surface area contributed by atoms with E-state index in [0.717, 1.165) is 12.0 Å². The van der Waals surface area contributed by atoms with Crippen molar-refractivity contribution < 1.29 is 23.8 Å². The summed E-state index contributed by atoms with van der Waals surface area (Å²) < 4.78 is 17.2. The maximum atomic E-state index is 12.1. The zero-order valence-electron chi connectivity index (χ0n) is 13.5. The monoisotopic (exact) mass is 318 g/mol. The summed E-state index contributed by atoms with van der Waals surface area (Å²) in [5.74, 6) is -0.637. The lowest BCUT2D eigenvalue weighted by Gasteiger charge is -2.31. The fourth-order valence-electron chi connectivity index (χ4n) is 4.84. The molecule has 0 radical (unpaired) electrons. The van der Waals surface area contributed by atoms with E-state index in [9.17, 15) is 9.59 Å². The van der Waals surface area contributed by atoms with Gasteiger partial charge in [-0.3, -0.25) is 4.79 Å². The number of ether oxygens (including phenoxy) is 3. The van der Waals surface area contributed by atoms with Crippen LogP contribution in [-0.4, -0.2) is 35.9 Å². The van der Waals surface area contributed by atoms with E-state index in [1.165, 1.54) is 0 Å². The van der Waals surface area contributed by atoms with Crippen LogP contribution in [0.1, 0.15) is 33.1 Å². The molecule has 0 spiro atoms. The van der Waals surface area contributed by atoms with Crippen LogP contribution in [-0.2, 0) is 23.8 Å². The summed E-state index contributed by atoms with van der Waals surface area (Å²) in [7, 11) is 0. The van der Waals surface area contributed by atoms with Crippen molar-refractivity contribution in [2.45, 2.75) is 57.0 Å². The topological polar surface area (TPSA) is 65.1 Å². The molecule has 2 aliphatic carbocycles. The number of fused-ring (bicyclic) bond motifs is 5. The summed E-state index contributed by atoms with van der Waals surface area (Å²) in [6.45, 7) is 12.0. The first-order chi connectivity index (χ1) is 10.9. The Kier molecular flexibility index (Phi) is 3.05. The lowest BCUT2D eigenvalue weighted by atomic mass is 9.78. The Morgan fingerprint density at radius 2 is 2.17 bits per heavy atom. The first-order valence-corrected chi connectivity index (χ1v) is 8.31. The van der Waals surface area contributed by atoms with Crippen molar-refractivity contribution in [2.24, 2.45) is 17.8 Å². The number of carbonyl (C=O) groups is 2. The van der Waals surface area contributed by atoms with Crippen LogP contribution in [0.3, 0.4) is 0 Å². The number of esters is 2. The van der Waals surface area contributed by atoms with Crippen LogP contribution in [0.2, 0.25) is 0 Å². The van der Waals surface area contributed by atoms with Gasteiger partial charge in [-0.2, -0.15) is 0 Å². The van der Waals surface area contributed by atoms with Crippen LogP contribution in [0.25, 0.3) is 0 Å². The predicted molar refractivity (Wildman–Crippen MR) is 81.3 cm³/mol. The molecule has 2 aliphatic heterocycles. The standard InChI is InChI=1S/C18H22O5/c1-5-13(19)21-11-6-8(2)10-7-12-18(4,23-12)15(10)16-14(11)9(3)17(20)22-16/h10-12,14-16H,2-3,5-7H2,1,4H3/t10-,11-,12-,14+,15-,16-,18-/m0/s1. The first kappa shape index (κ1) is 14.9. The second-order valence-corrected chi connectivity index (χ2v) is 7.32. The highest BCUT2D eigenvalue weighted by Crippen LogP contribution is 2.63. The van der Waals surface area contributed by atoms with Gasteiger partial charge in [-0.15, -0.1) is 0 Å². The molecule has 0 unspecified atom stereocenters. The Morgan fingerprint density at radius 3 is 2.87 bits per heavy atom. The van der Waals surface area contributed by atoms with Gasteiger partial charge in [-0.1, -0.05) is 25.7 Å². The third-order valence-electron chi connectivity index (χ3n) is 6.12. The zero-order chi connectivity index (χ0) is 16.5. The van der Waals surface area contributed by atoms with Gasteiger partial charge in [0.2, 0.25) is 0 Å². The fourth-order valence-corrected chi connectivity index (χ4v) is 4.84. The minimum absolute atomic E-state index is 0.0681. The van der Waals surface area contributed by atoms with Gasteiger partial charge in [0.1, 0.15) is 12.2 Å². The highest BCUT2D eigenvalue weighted by atomic mass is 16.6. The summed E-state index contributed by atoms with van der Waals surface area (Å²) in [6.07, 6.45) is 1.22. The molecule has 0 bridgehead atoms. The van der Waals surface area contributed by atoms with Crippen molar-refractivity contribution in [3.8, 4) is 0 Å².